The first-order valence-electron chi connectivity index (χ1n) is 8.71. The first-order valence-corrected chi connectivity index (χ1v) is 9.52. The minimum atomic E-state index is -4.80. The van der Waals surface area contributed by atoms with Crippen molar-refractivity contribution in [1.82, 2.24) is 10.3 Å². The molecule has 3 aromatic rings. The zero-order chi connectivity index (χ0) is 20.6. The quantitative estimate of drug-likeness (QED) is 0.626. The predicted molar refractivity (Wildman–Crippen MR) is 100 cm³/mol. The highest BCUT2D eigenvalue weighted by Crippen LogP contribution is 2.33. The summed E-state index contributed by atoms with van der Waals surface area (Å²) in [6.07, 6.45) is -4.80. The van der Waals surface area contributed by atoms with E-state index in [1.165, 1.54) is 41.7 Å². The number of carbonyl (C=O) groups excluding carboxylic acids is 1. The highest BCUT2D eigenvalue weighted by molar-refractivity contribution is 7.22. The van der Waals surface area contributed by atoms with Crippen molar-refractivity contribution in [2.45, 2.75) is 12.9 Å². The van der Waals surface area contributed by atoms with Crippen LogP contribution in [-0.2, 0) is 11.3 Å². The number of para-hydroxylation sites is 1. The molecule has 0 bridgehead atoms. The van der Waals surface area contributed by atoms with E-state index in [1.807, 2.05) is 4.90 Å². The van der Waals surface area contributed by atoms with Gasteiger partial charge in [0.2, 0.25) is 5.91 Å². The Morgan fingerprint density at radius 2 is 2.00 bits per heavy atom. The number of aromatic nitrogens is 1. The van der Waals surface area contributed by atoms with Crippen LogP contribution in [0.5, 0.6) is 5.75 Å². The van der Waals surface area contributed by atoms with Crippen LogP contribution >= 0.6 is 11.3 Å². The van der Waals surface area contributed by atoms with Crippen LogP contribution in [0.15, 0.2) is 42.5 Å². The first kappa shape index (κ1) is 19.4. The number of hydrogen-bond donors (Lipinski definition) is 1. The lowest BCUT2D eigenvalue weighted by Gasteiger charge is -2.38. The second-order valence-corrected chi connectivity index (χ2v) is 7.59. The van der Waals surface area contributed by atoms with Gasteiger partial charge in [-0.25, -0.2) is 9.37 Å². The molecule has 1 N–H and O–H groups in total. The Kier molecular flexibility index (Phi) is 5.03. The highest BCUT2D eigenvalue weighted by atomic mass is 32.1. The van der Waals surface area contributed by atoms with Gasteiger partial charge in [0.15, 0.2) is 5.13 Å². The number of halogens is 4. The van der Waals surface area contributed by atoms with Gasteiger partial charge in [0.25, 0.3) is 0 Å². The number of amides is 1. The van der Waals surface area contributed by atoms with Gasteiger partial charge in [-0.05, 0) is 24.3 Å². The van der Waals surface area contributed by atoms with E-state index < -0.39 is 6.36 Å². The van der Waals surface area contributed by atoms with Gasteiger partial charge in [0.05, 0.1) is 16.1 Å². The maximum absolute atomic E-state index is 13.3. The fourth-order valence-electron chi connectivity index (χ4n) is 3.02. The molecule has 5 nitrogen and oxygen atoms in total. The third-order valence-electron chi connectivity index (χ3n) is 4.51. The van der Waals surface area contributed by atoms with Crippen molar-refractivity contribution in [3.8, 4) is 5.75 Å². The second kappa shape index (κ2) is 7.51. The van der Waals surface area contributed by atoms with E-state index in [4.69, 9.17) is 0 Å². The number of nitrogens with zero attached hydrogens (tertiary/aromatic N) is 2. The Morgan fingerprint density at radius 1 is 1.24 bits per heavy atom. The molecule has 0 saturated carbocycles. The Balaban J connectivity index is 1.33. The summed E-state index contributed by atoms with van der Waals surface area (Å²) in [4.78, 5) is 18.7. The second-order valence-electron chi connectivity index (χ2n) is 6.58. The monoisotopic (exact) mass is 425 g/mol. The number of nitrogens with one attached hydrogen (secondary N) is 1. The Bertz CT molecular complexity index is 1050. The molecule has 1 fully saturated rings. The number of fused-ring (bicyclic) bond motifs is 1. The van der Waals surface area contributed by atoms with E-state index in [-0.39, 0.29) is 35.5 Å². The molecule has 10 heteroatoms. The standard InChI is InChI=1S/C19H15F4N3O2S/c20-13-5-6-14-16(7-13)29-18(25-14)26-9-12(10-26)17(27)24-8-11-3-1-2-4-15(11)28-19(21,22)23/h1-7,12H,8-10H2,(H,24,27). The van der Waals surface area contributed by atoms with Crippen LogP contribution in [0.2, 0.25) is 0 Å². The maximum Gasteiger partial charge on any atom is 0.573 e. The fraction of sp³-hybridized carbons (Fsp3) is 0.263. The van der Waals surface area contributed by atoms with E-state index in [2.05, 4.69) is 15.0 Å². The minimum Gasteiger partial charge on any atom is -0.405 e. The summed E-state index contributed by atoms with van der Waals surface area (Å²) < 4.78 is 55.4. The van der Waals surface area contributed by atoms with Gasteiger partial charge >= 0.3 is 6.36 Å². The minimum absolute atomic E-state index is 0.0675. The van der Waals surface area contributed by atoms with Crippen molar-refractivity contribution in [2.24, 2.45) is 5.92 Å². The van der Waals surface area contributed by atoms with E-state index >= 15 is 0 Å². The fourth-order valence-corrected chi connectivity index (χ4v) is 4.03. The molecule has 0 spiro atoms. The Morgan fingerprint density at radius 3 is 2.76 bits per heavy atom. The molecule has 0 radical (unpaired) electrons. The maximum atomic E-state index is 13.3. The topological polar surface area (TPSA) is 54.5 Å². The van der Waals surface area contributed by atoms with Crippen LogP contribution in [0.3, 0.4) is 0 Å². The molecule has 152 valence electrons. The van der Waals surface area contributed by atoms with Crippen LogP contribution in [0.25, 0.3) is 10.2 Å². The molecular weight excluding hydrogens is 410 g/mol. The first-order chi connectivity index (χ1) is 13.8. The average Bonchev–Trinajstić information content (AvgIpc) is 3.00. The van der Waals surface area contributed by atoms with Gasteiger partial charge in [0.1, 0.15) is 11.6 Å². The van der Waals surface area contributed by atoms with Crippen molar-refractivity contribution < 1.29 is 27.1 Å². The van der Waals surface area contributed by atoms with Gasteiger partial charge < -0.3 is 15.0 Å². The van der Waals surface area contributed by atoms with Crippen molar-refractivity contribution in [2.75, 3.05) is 18.0 Å². The van der Waals surface area contributed by atoms with Crippen LogP contribution in [-0.4, -0.2) is 30.3 Å². The van der Waals surface area contributed by atoms with Gasteiger partial charge in [0, 0.05) is 25.2 Å². The van der Waals surface area contributed by atoms with Gasteiger partial charge in [-0.2, -0.15) is 0 Å². The third-order valence-corrected chi connectivity index (χ3v) is 5.59. The SMILES string of the molecule is O=C(NCc1ccccc1OC(F)(F)F)C1CN(c2nc3ccc(F)cc3s2)C1. The molecule has 4 rings (SSSR count). The summed E-state index contributed by atoms with van der Waals surface area (Å²) >= 11 is 1.35. The van der Waals surface area contributed by atoms with Crippen LogP contribution in [0, 0.1) is 11.7 Å². The summed E-state index contributed by atoms with van der Waals surface area (Å²) in [5.41, 5.74) is 0.933. The smallest absolute Gasteiger partial charge is 0.405 e. The Labute approximate surface area is 166 Å². The molecule has 1 amide bonds. The molecule has 0 unspecified atom stereocenters. The van der Waals surface area contributed by atoms with E-state index in [1.54, 1.807) is 12.1 Å². The third kappa shape index (κ3) is 4.42. The van der Waals surface area contributed by atoms with Crippen LogP contribution < -0.4 is 15.0 Å². The summed E-state index contributed by atoms with van der Waals surface area (Å²) in [5.74, 6) is -1.22. The summed E-state index contributed by atoms with van der Waals surface area (Å²) in [6, 6.07) is 10.0. The molecule has 29 heavy (non-hydrogen) atoms. The number of carbonyl (C=O) groups is 1. The summed E-state index contributed by atoms with van der Waals surface area (Å²) in [5, 5.41) is 3.36. The van der Waals surface area contributed by atoms with E-state index in [0.717, 1.165) is 4.70 Å². The molecule has 2 aromatic carbocycles. The number of thiazole rings is 1. The highest BCUT2D eigenvalue weighted by Gasteiger charge is 2.35. The molecule has 1 aliphatic rings. The average molecular weight is 425 g/mol. The number of rotatable bonds is 5. The van der Waals surface area contributed by atoms with Gasteiger partial charge in [-0.15, -0.1) is 13.2 Å². The molecule has 1 saturated heterocycles. The molecule has 1 aliphatic heterocycles. The molecule has 2 heterocycles. The zero-order valence-corrected chi connectivity index (χ0v) is 15.7. The predicted octanol–water partition coefficient (Wildman–Crippen LogP) is 4.09. The molecule has 0 aliphatic carbocycles. The lowest BCUT2D eigenvalue weighted by molar-refractivity contribution is -0.274. The number of hydrogen-bond acceptors (Lipinski definition) is 5. The zero-order valence-electron chi connectivity index (χ0n) is 14.9. The molecule has 1 aromatic heterocycles. The number of benzene rings is 2. The number of ether oxygens (including phenoxy) is 1. The molecule has 0 atom stereocenters. The lowest BCUT2D eigenvalue weighted by Crippen LogP contribution is -2.53. The van der Waals surface area contributed by atoms with E-state index in [9.17, 15) is 22.4 Å². The van der Waals surface area contributed by atoms with Crippen LogP contribution in [0.1, 0.15) is 5.56 Å². The van der Waals surface area contributed by atoms with Gasteiger partial charge in [-0.1, -0.05) is 29.5 Å². The molecular formula is C19H15F4N3O2S. The van der Waals surface area contributed by atoms with Crippen molar-refractivity contribution >= 4 is 32.6 Å². The normalized spacial score (nSPS) is 14.7. The van der Waals surface area contributed by atoms with Crippen LogP contribution in [0.4, 0.5) is 22.7 Å². The van der Waals surface area contributed by atoms with Gasteiger partial charge in [-0.3, -0.25) is 4.79 Å². The van der Waals surface area contributed by atoms with Crippen molar-refractivity contribution in [3.05, 3.63) is 53.8 Å². The Hall–Kier alpha value is -2.88. The largest absolute Gasteiger partial charge is 0.573 e. The number of alkyl halides is 3. The lowest BCUT2D eigenvalue weighted by atomic mass is 10.00. The number of anilines is 1. The van der Waals surface area contributed by atoms with Crippen molar-refractivity contribution in [1.29, 1.82) is 0 Å². The summed E-state index contributed by atoms with van der Waals surface area (Å²) in [6.45, 7) is 0.811. The van der Waals surface area contributed by atoms with E-state index in [0.29, 0.717) is 23.7 Å². The summed E-state index contributed by atoms with van der Waals surface area (Å²) in [7, 11) is 0. The van der Waals surface area contributed by atoms with Crippen molar-refractivity contribution in [3.63, 3.8) is 0 Å².